The molecule has 0 aromatic heterocycles. The molecule has 5 heteroatoms. The molecule has 0 saturated carbocycles. The normalized spacial score (nSPS) is 9.47. The number of rotatable bonds is 2. The molecule has 0 aliphatic carbocycles. The van der Waals surface area contributed by atoms with Crippen LogP contribution in [0.4, 0.5) is 0 Å². The molecule has 1 aromatic carbocycles. The first-order valence-corrected chi connectivity index (χ1v) is 5.02. The Morgan fingerprint density at radius 2 is 2.33 bits per heavy atom. The van der Waals surface area contributed by atoms with E-state index in [1.54, 1.807) is 6.92 Å². The number of benzene rings is 1. The second kappa shape index (κ2) is 5.06. The van der Waals surface area contributed by atoms with E-state index < -0.39 is 5.97 Å². The zero-order chi connectivity index (χ0) is 11.4. The second-order valence-corrected chi connectivity index (χ2v) is 3.55. The number of carbonyl (C=O) groups excluding carboxylic acids is 1. The zero-order valence-electron chi connectivity index (χ0n) is 7.95. The molecule has 15 heavy (non-hydrogen) atoms. The van der Waals surface area contributed by atoms with E-state index in [-0.39, 0.29) is 17.2 Å². The van der Waals surface area contributed by atoms with Crippen LogP contribution in [0.3, 0.4) is 0 Å². The molecule has 0 heterocycles. The first-order chi connectivity index (χ1) is 7.10. The maximum atomic E-state index is 11.4. The Hall–Kier alpha value is -1.18. The number of ether oxygens (including phenoxy) is 1. The molecule has 0 spiro atoms. The smallest absolute Gasteiger partial charge is 0.339 e. The van der Waals surface area contributed by atoms with Crippen LogP contribution in [0.1, 0.15) is 22.8 Å². The van der Waals surface area contributed by atoms with Gasteiger partial charge in [0.25, 0.3) is 0 Å². The van der Waals surface area contributed by atoms with Crippen LogP contribution in [0.2, 0.25) is 5.02 Å². The first-order valence-electron chi connectivity index (χ1n) is 4.19. The lowest BCUT2D eigenvalue weighted by Crippen LogP contribution is -2.06. The van der Waals surface area contributed by atoms with Gasteiger partial charge in [0.05, 0.1) is 28.8 Å². The van der Waals surface area contributed by atoms with Crippen LogP contribution >= 0.6 is 24.2 Å². The molecule has 0 bridgehead atoms. The summed E-state index contributed by atoms with van der Waals surface area (Å²) >= 11 is 9.93. The van der Waals surface area contributed by atoms with Crippen molar-refractivity contribution in [3.8, 4) is 6.07 Å². The number of esters is 1. The number of carbonyl (C=O) groups is 1. The summed E-state index contributed by atoms with van der Waals surface area (Å²) in [7, 11) is 0. The third kappa shape index (κ3) is 2.65. The minimum absolute atomic E-state index is 0.169. The van der Waals surface area contributed by atoms with Gasteiger partial charge in [-0.25, -0.2) is 4.79 Å². The van der Waals surface area contributed by atoms with Gasteiger partial charge in [0.1, 0.15) is 0 Å². The SMILES string of the molecule is CCOC(=O)c1cc(C#N)cc(S)c1Cl. The molecule has 0 fully saturated rings. The van der Waals surface area contributed by atoms with E-state index in [0.717, 1.165) is 0 Å². The highest BCUT2D eigenvalue weighted by Gasteiger charge is 2.14. The molecule has 78 valence electrons. The number of thiol groups is 1. The molecular formula is C10H8ClNO2S. The second-order valence-electron chi connectivity index (χ2n) is 2.69. The summed E-state index contributed by atoms with van der Waals surface area (Å²) in [6.45, 7) is 1.95. The van der Waals surface area contributed by atoms with Gasteiger partial charge in [-0.15, -0.1) is 12.6 Å². The van der Waals surface area contributed by atoms with E-state index >= 15 is 0 Å². The van der Waals surface area contributed by atoms with Crippen LogP contribution in [0.5, 0.6) is 0 Å². The van der Waals surface area contributed by atoms with Crippen molar-refractivity contribution in [2.45, 2.75) is 11.8 Å². The van der Waals surface area contributed by atoms with Crippen LogP contribution in [-0.4, -0.2) is 12.6 Å². The molecule has 0 radical (unpaired) electrons. The lowest BCUT2D eigenvalue weighted by molar-refractivity contribution is 0.0526. The van der Waals surface area contributed by atoms with Gasteiger partial charge in [0, 0.05) is 4.90 Å². The number of nitrogens with zero attached hydrogens (tertiary/aromatic N) is 1. The fraction of sp³-hybridized carbons (Fsp3) is 0.200. The van der Waals surface area contributed by atoms with Crippen molar-refractivity contribution in [3.63, 3.8) is 0 Å². The Labute approximate surface area is 98.0 Å². The molecule has 3 nitrogen and oxygen atoms in total. The predicted octanol–water partition coefficient (Wildman–Crippen LogP) is 2.68. The van der Waals surface area contributed by atoms with Crippen molar-refractivity contribution in [1.82, 2.24) is 0 Å². The van der Waals surface area contributed by atoms with Gasteiger partial charge in [0.2, 0.25) is 0 Å². The van der Waals surface area contributed by atoms with Crippen LogP contribution in [-0.2, 0) is 4.74 Å². The van der Waals surface area contributed by atoms with Gasteiger partial charge >= 0.3 is 5.97 Å². The standard InChI is InChI=1S/C10H8ClNO2S/c1-2-14-10(13)7-3-6(5-12)4-8(15)9(7)11/h3-4,15H,2H2,1H3. The first kappa shape index (κ1) is 11.9. The van der Waals surface area contributed by atoms with E-state index in [1.165, 1.54) is 12.1 Å². The Morgan fingerprint density at radius 3 is 2.87 bits per heavy atom. The van der Waals surface area contributed by atoms with E-state index in [2.05, 4.69) is 12.6 Å². The number of hydrogen-bond donors (Lipinski definition) is 1. The Morgan fingerprint density at radius 1 is 1.67 bits per heavy atom. The molecule has 0 atom stereocenters. The predicted molar refractivity (Wildman–Crippen MR) is 59.4 cm³/mol. The summed E-state index contributed by atoms with van der Waals surface area (Å²) in [6.07, 6.45) is 0. The van der Waals surface area contributed by atoms with Crippen molar-refractivity contribution in [1.29, 1.82) is 5.26 Å². The van der Waals surface area contributed by atoms with Crippen molar-refractivity contribution in [2.75, 3.05) is 6.61 Å². The van der Waals surface area contributed by atoms with Gasteiger partial charge in [0.15, 0.2) is 0 Å². The lowest BCUT2D eigenvalue weighted by Gasteiger charge is -2.06. The summed E-state index contributed by atoms with van der Waals surface area (Å²) < 4.78 is 4.80. The van der Waals surface area contributed by atoms with E-state index in [0.29, 0.717) is 10.5 Å². The minimum atomic E-state index is -0.546. The van der Waals surface area contributed by atoms with E-state index in [9.17, 15) is 4.79 Å². The van der Waals surface area contributed by atoms with Crippen LogP contribution in [0.15, 0.2) is 17.0 Å². The minimum Gasteiger partial charge on any atom is -0.462 e. The van der Waals surface area contributed by atoms with Gasteiger partial charge in [-0.1, -0.05) is 11.6 Å². The van der Waals surface area contributed by atoms with Gasteiger partial charge in [-0.3, -0.25) is 0 Å². The highest BCUT2D eigenvalue weighted by molar-refractivity contribution is 7.80. The monoisotopic (exact) mass is 241 g/mol. The molecular weight excluding hydrogens is 234 g/mol. The molecule has 1 rings (SSSR count). The molecule has 0 amide bonds. The van der Waals surface area contributed by atoms with Crippen LogP contribution in [0.25, 0.3) is 0 Å². The summed E-state index contributed by atoms with van der Waals surface area (Å²) in [4.78, 5) is 11.8. The highest BCUT2D eigenvalue weighted by atomic mass is 35.5. The van der Waals surface area contributed by atoms with Crippen molar-refractivity contribution < 1.29 is 9.53 Å². The maximum absolute atomic E-state index is 11.4. The van der Waals surface area contributed by atoms with Gasteiger partial charge in [-0.2, -0.15) is 5.26 Å². The average Bonchev–Trinajstić information content (AvgIpc) is 2.22. The Bertz CT molecular complexity index is 440. The lowest BCUT2D eigenvalue weighted by atomic mass is 10.1. The maximum Gasteiger partial charge on any atom is 0.339 e. The van der Waals surface area contributed by atoms with Crippen molar-refractivity contribution >= 4 is 30.2 Å². The summed E-state index contributed by atoms with van der Waals surface area (Å²) in [6, 6.07) is 4.80. The van der Waals surface area contributed by atoms with Crippen LogP contribution < -0.4 is 0 Å². The number of hydrogen-bond acceptors (Lipinski definition) is 4. The van der Waals surface area contributed by atoms with E-state index in [1.807, 2.05) is 6.07 Å². The zero-order valence-corrected chi connectivity index (χ0v) is 9.60. The molecule has 0 aliphatic rings. The third-order valence-electron chi connectivity index (χ3n) is 1.68. The van der Waals surface area contributed by atoms with E-state index in [4.69, 9.17) is 21.6 Å². The number of nitriles is 1. The van der Waals surface area contributed by atoms with Crippen LogP contribution in [0, 0.1) is 11.3 Å². The Balaban J connectivity index is 3.23. The molecule has 0 saturated heterocycles. The number of halogens is 1. The average molecular weight is 242 g/mol. The highest BCUT2D eigenvalue weighted by Crippen LogP contribution is 2.26. The quantitative estimate of drug-likeness (QED) is 0.640. The topological polar surface area (TPSA) is 50.1 Å². The largest absolute Gasteiger partial charge is 0.462 e. The third-order valence-corrected chi connectivity index (χ3v) is 2.57. The summed E-state index contributed by atoms with van der Waals surface area (Å²) in [5.74, 6) is -0.546. The molecule has 0 N–H and O–H groups in total. The fourth-order valence-electron chi connectivity index (χ4n) is 1.03. The fourth-order valence-corrected chi connectivity index (χ4v) is 1.48. The summed E-state index contributed by atoms with van der Waals surface area (Å²) in [5.41, 5.74) is 0.495. The van der Waals surface area contributed by atoms with Crippen molar-refractivity contribution in [3.05, 3.63) is 28.3 Å². The molecule has 0 aliphatic heterocycles. The molecule has 0 unspecified atom stereocenters. The van der Waals surface area contributed by atoms with Crippen molar-refractivity contribution in [2.24, 2.45) is 0 Å². The molecule has 1 aromatic rings. The van der Waals surface area contributed by atoms with Gasteiger partial charge in [-0.05, 0) is 19.1 Å². The van der Waals surface area contributed by atoms with Gasteiger partial charge < -0.3 is 4.74 Å². The summed E-state index contributed by atoms with van der Waals surface area (Å²) in [5, 5.41) is 8.91. The Kier molecular flexibility index (Phi) is 4.01.